The summed E-state index contributed by atoms with van der Waals surface area (Å²) in [6, 6.07) is 4.91. The zero-order chi connectivity index (χ0) is 19.9. The first-order valence-electron chi connectivity index (χ1n) is 9.27. The van der Waals surface area contributed by atoms with Gasteiger partial charge in [-0.05, 0) is 37.8 Å². The first-order chi connectivity index (χ1) is 13.4. The van der Waals surface area contributed by atoms with E-state index in [1.54, 1.807) is 24.0 Å². The predicted octanol–water partition coefficient (Wildman–Crippen LogP) is 2.83. The van der Waals surface area contributed by atoms with E-state index in [2.05, 4.69) is 15.5 Å². The summed E-state index contributed by atoms with van der Waals surface area (Å²) in [7, 11) is 0. The fraction of sp³-hybridized carbons (Fsp3) is 0.474. The number of rotatable bonds is 4. The number of nitrogens with zero attached hydrogens (tertiary/aromatic N) is 3. The molecule has 0 bridgehead atoms. The molecule has 2 fully saturated rings. The number of fused-ring (bicyclic) bond motifs is 1. The highest BCUT2D eigenvalue weighted by Crippen LogP contribution is 2.48. The van der Waals surface area contributed by atoms with Crippen LogP contribution < -0.4 is 5.32 Å². The summed E-state index contributed by atoms with van der Waals surface area (Å²) in [4.78, 5) is 30.2. The van der Waals surface area contributed by atoms with Crippen LogP contribution in [0.15, 0.2) is 28.8 Å². The number of carbonyl (C=O) groups is 2. The summed E-state index contributed by atoms with van der Waals surface area (Å²) < 4.78 is 18.6. The van der Waals surface area contributed by atoms with Crippen molar-refractivity contribution in [2.75, 3.05) is 13.1 Å². The average molecular weight is 388 g/mol. The van der Waals surface area contributed by atoms with Crippen molar-refractivity contribution >= 4 is 12.0 Å². The molecule has 4 rings (SSSR count). The first kappa shape index (κ1) is 18.4. The van der Waals surface area contributed by atoms with Gasteiger partial charge in [-0.25, -0.2) is 9.18 Å². The van der Waals surface area contributed by atoms with E-state index >= 15 is 0 Å². The molecule has 2 aromatic rings. The van der Waals surface area contributed by atoms with Crippen molar-refractivity contribution in [2.45, 2.75) is 32.2 Å². The highest BCUT2D eigenvalue weighted by molar-refractivity contribution is 5.80. The molecule has 1 saturated carbocycles. The summed E-state index contributed by atoms with van der Waals surface area (Å²) in [6.07, 6.45) is 2.31. The van der Waals surface area contributed by atoms with Crippen LogP contribution in [0.2, 0.25) is 0 Å². The summed E-state index contributed by atoms with van der Waals surface area (Å²) in [5.41, 5.74) is -0.348. The molecule has 1 aromatic carbocycles. The molecule has 1 aliphatic carbocycles. The van der Waals surface area contributed by atoms with Gasteiger partial charge in [-0.1, -0.05) is 23.7 Å². The monoisotopic (exact) mass is 388 g/mol. The number of hydrogen-bond donors (Lipinski definition) is 2. The van der Waals surface area contributed by atoms with Gasteiger partial charge < -0.3 is 19.8 Å². The van der Waals surface area contributed by atoms with E-state index in [0.29, 0.717) is 18.5 Å². The summed E-state index contributed by atoms with van der Waals surface area (Å²) in [5, 5.41) is 16.3. The van der Waals surface area contributed by atoms with E-state index in [0.717, 1.165) is 12.8 Å². The SMILES string of the molecule is CC(NC(=O)N1C[C@@H]2CCC[C@@]2(C(=O)O)C1)c1nc(-c2cccc(F)c2)no1. The molecule has 0 radical (unpaired) electrons. The molecule has 2 heterocycles. The topological polar surface area (TPSA) is 109 Å². The van der Waals surface area contributed by atoms with Crippen LogP contribution in [0.5, 0.6) is 0 Å². The minimum absolute atomic E-state index is 0.00552. The number of nitrogens with one attached hydrogen (secondary N) is 1. The Morgan fingerprint density at radius 3 is 3.00 bits per heavy atom. The molecule has 0 spiro atoms. The van der Waals surface area contributed by atoms with Crippen LogP contribution in [0.1, 0.15) is 38.1 Å². The van der Waals surface area contributed by atoms with Gasteiger partial charge in [0.25, 0.3) is 0 Å². The Bertz CT molecular complexity index is 917. The smallest absolute Gasteiger partial charge is 0.318 e. The fourth-order valence-corrected chi connectivity index (χ4v) is 4.29. The van der Waals surface area contributed by atoms with Crippen molar-refractivity contribution < 1.29 is 23.6 Å². The van der Waals surface area contributed by atoms with E-state index in [1.807, 2.05) is 0 Å². The van der Waals surface area contributed by atoms with Crippen molar-refractivity contribution in [3.05, 3.63) is 36.0 Å². The van der Waals surface area contributed by atoms with Gasteiger partial charge in [0.05, 0.1) is 5.41 Å². The van der Waals surface area contributed by atoms with Gasteiger partial charge in [-0.15, -0.1) is 0 Å². The molecule has 2 amide bonds. The standard InChI is InChI=1S/C19H21FN4O4/c1-11(16-22-15(23-28-16)12-4-2-6-14(20)8-12)21-18(27)24-9-13-5-3-7-19(13,10-24)17(25)26/h2,4,6,8,11,13H,3,5,7,9-10H2,1H3,(H,21,27)(H,25,26)/t11?,13-,19+/m0/s1. The van der Waals surface area contributed by atoms with E-state index in [1.165, 1.54) is 12.1 Å². The second-order valence-corrected chi connectivity index (χ2v) is 7.57. The normalized spacial score (nSPS) is 24.8. The Labute approximate surface area is 160 Å². The van der Waals surface area contributed by atoms with Crippen molar-refractivity contribution in [3.63, 3.8) is 0 Å². The fourth-order valence-electron chi connectivity index (χ4n) is 4.29. The maximum absolute atomic E-state index is 13.4. The molecule has 1 saturated heterocycles. The van der Waals surface area contributed by atoms with Crippen molar-refractivity contribution in [1.29, 1.82) is 0 Å². The quantitative estimate of drug-likeness (QED) is 0.834. The van der Waals surface area contributed by atoms with Crippen molar-refractivity contribution in [3.8, 4) is 11.4 Å². The number of carbonyl (C=O) groups excluding carboxylic acids is 1. The lowest BCUT2D eigenvalue weighted by Gasteiger charge is -2.24. The number of benzene rings is 1. The van der Waals surface area contributed by atoms with Crippen LogP contribution in [0.4, 0.5) is 9.18 Å². The molecule has 3 atom stereocenters. The van der Waals surface area contributed by atoms with Gasteiger partial charge in [0.1, 0.15) is 11.9 Å². The number of amides is 2. The van der Waals surface area contributed by atoms with Crippen LogP contribution in [0.3, 0.4) is 0 Å². The van der Waals surface area contributed by atoms with Gasteiger partial charge >= 0.3 is 12.0 Å². The molecule has 1 unspecified atom stereocenters. The molecule has 2 N–H and O–H groups in total. The lowest BCUT2D eigenvalue weighted by atomic mass is 9.81. The van der Waals surface area contributed by atoms with E-state index < -0.39 is 23.2 Å². The van der Waals surface area contributed by atoms with Crippen molar-refractivity contribution in [1.82, 2.24) is 20.4 Å². The minimum Gasteiger partial charge on any atom is -0.481 e. The maximum atomic E-state index is 13.4. The number of likely N-dealkylation sites (tertiary alicyclic amines) is 1. The van der Waals surface area contributed by atoms with Crippen LogP contribution in [-0.2, 0) is 4.79 Å². The second-order valence-electron chi connectivity index (χ2n) is 7.57. The zero-order valence-corrected chi connectivity index (χ0v) is 15.4. The second kappa shape index (κ2) is 6.88. The largest absolute Gasteiger partial charge is 0.481 e. The molecule has 2 aliphatic rings. The number of aliphatic carboxylic acids is 1. The molecule has 9 heteroatoms. The van der Waals surface area contributed by atoms with Crippen molar-refractivity contribution in [2.24, 2.45) is 11.3 Å². The molecule has 1 aromatic heterocycles. The minimum atomic E-state index is -0.824. The number of hydrogen-bond acceptors (Lipinski definition) is 5. The predicted molar refractivity (Wildman–Crippen MR) is 95.6 cm³/mol. The maximum Gasteiger partial charge on any atom is 0.318 e. The van der Waals surface area contributed by atoms with Gasteiger partial charge in [0, 0.05) is 18.7 Å². The Balaban J connectivity index is 1.42. The highest BCUT2D eigenvalue weighted by Gasteiger charge is 2.55. The molecular weight excluding hydrogens is 367 g/mol. The summed E-state index contributed by atoms with van der Waals surface area (Å²) >= 11 is 0. The Morgan fingerprint density at radius 1 is 1.46 bits per heavy atom. The third kappa shape index (κ3) is 3.10. The Hall–Kier alpha value is -2.97. The first-order valence-corrected chi connectivity index (χ1v) is 9.27. The van der Waals surface area contributed by atoms with Crippen LogP contribution in [0, 0.1) is 17.2 Å². The number of urea groups is 1. The molecule has 1 aliphatic heterocycles. The number of carboxylic acids is 1. The van der Waals surface area contributed by atoms with Crippen LogP contribution in [0.25, 0.3) is 11.4 Å². The van der Waals surface area contributed by atoms with Gasteiger partial charge in [-0.2, -0.15) is 4.98 Å². The number of carboxylic acid groups (broad SMARTS) is 1. The van der Waals surface area contributed by atoms with Gasteiger partial charge in [0.15, 0.2) is 0 Å². The van der Waals surface area contributed by atoms with E-state index in [4.69, 9.17) is 4.52 Å². The van der Waals surface area contributed by atoms with Gasteiger partial charge in [-0.3, -0.25) is 4.79 Å². The van der Waals surface area contributed by atoms with Gasteiger partial charge in [0.2, 0.25) is 11.7 Å². The van der Waals surface area contributed by atoms with Crippen LogP contribution in [-0.4, -0.2) is 45.2 Å². The summed E-state index contributed by atoms with van der Waals surface area (Å²) in [6.45, 7) is 2.35. The zero-order valence-electron chi connectivity index (χ0n) is 15.4. The lowest BCUT2D eigenvalue weighted by molar-refractivity contribution is -0.149. The Kier molecular flexibility index (Phi) is 4.52. The van der Waals surface area contributed by atoms with Crippen LogP contribution >= 0.6 is 0 Å². The highest BCUT2D eigenvalue weighted by atomic mass is 19.1. The molecule has 28 heavy (non-hydrogen) atoms. The lowest BCUT2D eigenvalue weighted by Crippen LogP contribution is -2.42. The number of aromatic nitrogens is 2. The number of halogens is 1. The molecule has 148 valence electrons. The third-order valence-corrected chi connectivity index (χ3v) is 5.82. The summed E-state index contributed by atoms with van der Waals surface area (Å²) in [5.74, 6) is -0.808. The third-order valence-electron chi connectivity index (χ3n) is 5.82. The molecule has 8 nitrogen and oxygen atoms in total. The Morgan fingerprint density at radius 2 is 2.29 bits per heavy atom. The molecular formula is C19H21FN4O4. The van der Waals surface area contributed by atoms with E-state index in [-0.39, 0.29) is 30.2 Å². The van der Waals surface area contributed by atoms with E-state index in [9.17, 15) is 19.1 Å². The average Bonchev–Trinajstić information content (AvgIpc) is 3.35.